The molecule has 184 valence electrons. The van der Waals surface area contributed by atoms with Crippen molar-refractivity contribution >= 4 is 70.0 Å². The summed E-state index contributed by atoms with van der Waals surface area (Å²) in [6, 6.07) is 21.9. The summed E-state index contributed by atoms with van der Waals surface area (Å²) >= 11 is 14.0. The molecule has 0 bridgehead atoms. The van der Waals surface area contributed by atoms with Gasteiger partial charge in [-0.3, -0.25) is 14.4 Å². The summed E-state index contributed by atoms with van der Waals surface area (Å²) in [6.07, 6.45) is 4.71. The van der Waals surface area contributed by atoms with E-state index in [0.717, 1.165) is 5.56 Å². The Balaban J connectivity index is 1.53. The highest BCUT2D eigenvalue weighted by Crippen LogP contribution is 2.27. The van der Waals surface area contributed by atoms with E-state index >= 15 is 0 Å². The number of carbonyl (C=O) groups excluding carboxylic acids is 3. The van der Waals surface area contributed by atoms with Gasteiger partial charge < -0.3 is 10.6 Å². The van der Waals surface area contributed by atoms with Gasteiger partial charge in [-0.25, -0.2) is 0 Å². The minimum absolute atomic E-state index is 0.0307. The van der Waals surface area contributed by atoms with Crippen LogP contribution in [0.4, 0.5) is 5.69 Å². The molecule has 0 aliphatic heterocycles. The molecule has 0 unspecified atom stereocenters. The summed E-state index contributed by atoms with van der Waals surface area (Å²) in [5.74, 6) is -1.19. The molecule has 4 rings (SSSR count). The van der Waals surface area contributed by atoms with E-state index in [1.807, 2.05) is 16.8 Å². The van der Waals surface area contributed by atoms with Crippen LogP contribution in [0.5, 0.6) is 0 Å². The van der Waals surface area contributed by atoms with E-state index in [9.17, 15) is 14.4 Å². The number of nitrogens with one attached hydrogen (secondary N) is 2. The molecular formula is C29H20Cl2N2O3S. The van der Waals surface area contributed by atoms with Crippen LogP contribution in [0.2, 0.25) is 10.0 Å². The van der Waals surface area contributed by atoms with Crippen molar-refractivity contribution < 1.29 is 14.4 Å². The number of hydrogen-bond donors (Lipinski definition) is 2. The Morgan fingerprint density at radius 2 is 1.57 bits per heavy atom. The molecule has 1 aromatic heterocycles. The summed E-state index contributed by atoms with van der Waals surface area (Å²) in [6.45, 7) is 0. The number of thiophene rings is 1. The van der Waals surface area contributed by atoms with Crippen molar-refractivity contribution in [3.63, 3.8) is 0 Å². The smallest absolute Gasteiger partial charge is 0.272 e. The first-order valence-electron chi connectivity index (χ1n) is 11.1. The molecular weight excluding hydrogens is 527 g/mol. The molecule has 2 amide bonds. The van der Waals surface area contributed by atoms with Gasteiger partial charge in [-0.05, 0) is 82.6 Å². The van der Waals surface area contributed by atoms with E-state index in [-0.39, 0.29) is 16.5 Å². The predicted octanol–water partition coefficient (Wildman–Crippen LogP) is 7.36. The van der Waals surface area contributed by atoms with Crippen molar-refractivity contribution in [1.82, 2.24) is 5.32 Å². The third kappa shape index (κ3) is 7.05. The fourth-order valence-corrected chi connectivity index (χ4v) is 4.28. The van der Waals surface area contributed by atoms with Gasteiger partial charge in [0.05, 0.1) is 10.0 Å². The molecule has 0 saturated carbocycles. The van der Waals surface area contributed by atoms with Crippen LogP contribution in [-0.2, 0) is 4.79 Å². The van der Waals surface area contributed by atoms with Crippen LogP contribution in [0.25, 0.3) is 12.2 Å². The average Bonchev–Trinajstić information content (AvgIpc) is 3.44. The molecule has 0 spiro atoms. The highest BCUT2D eigenvalue weighted by Gasteiger charge is 2.16. The first-order valence-corrected chi connectivity index (χ1v) is 12.8. The van der Waals surface area contributed by atoms with Gasteiger partial charge in [0, 0.05) is 16.8 Å². The number of carbonyl (C=O) groups is 3. The quantitative estimate of drug-likeness (QED) is 0.179. The number of benzene rings is 3. The van der Waals surface area contributed by atoms with Crippen LogP contribution in [0.15, 0.2) is 101 Å². The van der Waals surface area contributed by atoms with Gasteiger partial charge in [-0.2, -0.15) is 11.3 Å². The van der Waals surface area contributed by atoms with Crippen molar-refractivity contribution in [2.45, 2.75) is 0 Å². The SMILES string of the molecule is O=C(Nc1ccc(C(=O)/C=C/c2ccsc2)cc1)/C(=C/c1cccc(Cl)c1Cl)NC(=O)c1ccccc1. The maximum atomic E-state index is 13.2. The van der Waals surface area contributed by atoms with Crippen molar-refractivity contribution in [2.75, 3.05) is 5.32 Å². The first kappa shape index (κ1) is 26.1. The minimum Gasteiger partial charge on any atom is -0.321 e. The van der Waals surface area contributed by atoms with Gasteiger partial charge in [0.1, 0.15) is 5.70 Å². The zero-order valence-electron chi connectivity index (χ0n) is 19.3. The lowest BCUT2D eigenvalue weighted by molar-refractivity contribution is -0.113. The minimum atomic E-state index is -0.572. The second-order valence-electron chi connectivity index (χ2n) is 7.81. The van der Waals surface area contributed by atoms with Crippen molar-refractivity contribution in [3.05, 3.63) is 134 Å². The Labute approximate surface area is 228 Å². The van der Waals surface area contributed by atoms with E-state index < -0.39 is 11.8 Å². The fraction of sp³-hybridized carbons (Fsp3) is 0. The Bertz CT molecular complexity index is 1480. The molecule has 8 heteroatoms. The van der Waals surface area contributed by atoms with Gasteiger partial charge in [-0.1, -0.05) is 59.6 Å². The maximum Gasteiger partial charge on any atom is 0.272 e. The van der Waals surface area contributed by atoms with Crippen LogP contribution in [0.1, 0.15) is 31.8 Å². The zero-order valence-corrected chi connectivity index (χ0v) is 21.6. The van der Waals surface area contributed by atoms with Gasteiger partial charge in [0.25, 0.3) is 11.8 Å². The second kappa shape index (κ2) is 12.3. The molecule has 4 aromatic rings. The summed E-state index contributed by atoms with van der Waals surface area (Å²) in [5, 5.41) is 9.85. The van der Waals surface area contributed by atoms with Gasteiger partial charge in [0.2, 0.25) is 0 Å². The van der Waals surface area contributed by atoms with Gasteiger partial charge >= 0.3 is 0 Å². The predicted molar refractivity (Wildman–Crippen MR) is 151 cm³/mol. The van der Waals surface area contributed by atoms with E-state index in [1.165, 1.54) is 12.2 Å². The molecule has 0 saturated heterocycles. The Hall–Kier alpha value is -3.97. The lowest BCUT2D eigenvalue weighted by atomic mass is 10.1. The summed E-state index contributed by atoms with van der Waals surface area (Å²) in [4.78, 5) is 38.4. The largest absolute Gasteiger partial charge is 0.321 e. The van der Waals surface area contributed by atoms with Crippen LogP contribution in [-0.4, -0.2) is 17.6 Å². The lowest BCUT2D eigenvalue weighted by Crippen LogP contribution is -2.30. The van der Waals surface area contributed by atoms with E-state index in [2.05, 4.69) is 10.6 Å². The monoisotopic (exact) mass is 546 g/mol. The van der Waals surface area contributed by atoms with Crippen molar-refractivity contribution in [1.29, 1.82) is 0 Å². The number of halogens is 2. The summed E-state index contributed by atoms with van der Waals surface area (Å²) in [7, 11) is 0. The van der Waals surface area contributed by atoms with Gasteiger partial charge in [-0.15, -0.1) is 0 Å². The summed E-state index contributed by atoms with van der Waals surface area (Å²) < 4.78 is 0. The van der Waals surface area contributed by atoms with E-state index in [0.29, 0.717) is 27.4 Å². The number of anilines is 1. The van der Waals surface area contributed by atoms with Crippen molar-refractivity contribution in [2.24, 2.45) is 0 Å². The number of rotatable bonds is 8. The molecule has 3 aromatic carbocycles. The molecule has 0 aliphatic rings. The number of ketones is 1. The second-order valence-corrected chi connectivity index (χ2v) is 9.37. The maximum absolute atomic E-state index is 13.2. The molecule has 5 nitrogen and oxygen atoms in total. The standard InChI is InChI=1S/C29H20Cl2N2O3S/c30-24-8-4-7-22(27(24)31)17-25(33-28(35)21-5-2-1-3-6-21)29(36)32-23-12-10-20(11-13-23)26(34)14-9-19-15-16-37-18-19/h1-18H,(H,32,36)(H,33,35)/b14-9+,25-17-. The third-order valence-electron chi connectivity index (χ3n) is 5.21. The highest BCUT2D eigenvalue weighted by molar-refractivity contribution is 7.08. The molecule has 0 radical (unpaired) electrons. The number of amides is 2. The number of allylic oxidation sites excluding steroid dienone is 1. The Kier molecular flexibility index (Phi) is 8.69. The van der Waals surface area contributed by atoms with Gasteiger partial charge in [0.15, 0.2) is 5.78 Å². The van der Waals surface area contributed by atoms with Crippen LogP contribution in [0.3, 0.4) is 0 Å². The molecule has 2 N–H and O–H groups in total. The molecule has 0 atom stereocenters. The zero-order chi connectivity index (χ0) is 26.2. The molecule has 1 heterocycles. The molecule has 37 heavy (non-hydrogen) atoms. The van der Waals surface area contributed by atoms with E-state index in [1.54, 1.807) is 90.2 Å². The lowest BCUT2D eigenvalue weighted by Gasteiger charge is -2.12. The third-order valence-corrected chi connectivity index (χ3v) is 6.74. The Morgan fingerprint density at radius 1 is 0.811 bits per heavy atom. The Morgan fingerprint density at radius 3 is 2.27 bits per heavy atom. The van der Waals surface area contributed by atoms with E-state index in [4.69, 9.17) is 23.2 Å². The van der Waals surface area contributed by atoms with Crippen LogP contribution < -0.4 is 10.6 Å². The van der Waals surface area contributed by atoms with Crippen LogP contribution >= 0.6 is 34.5 Å². The van der Waals surface area contributed by atoms with Crippen molar-refractivity contribution in [3.8, 4) is 0 Å². The average molecular weight is 547 g/mol. The fourth-order valence-electron chi connectivity index (χ4n) is 3.28. The first-order chi connectivity index (χ1) is 17.9. The molecule has 0 aliphatic carbocycles. The summed E-state index contributed by atoms with van der Waals surface area (Å²) in [5.41, 5.74) is 2.70. The molecule has 0 fully saturated rings. The number of hydrogen-bond acceptors (Lipinski definition) is 4. The highest BCUT2D eigenvalue weighted by atomic mass is 35.5. The topological polar surface area (TPSA) is 75.3 Å². The van der Waals surface area contributed by atoms with Crippen LogP contribution in [0, 0.1) is 0 Å². The normalized spacial score (nSPS) is 11.4.